The Balaban J connectivity index is 2.65. The van der Waals surface area contributed by atoms with Crippen LogP contribution in [0, 0.1) is 18.3 Å². The molecular formula is C14H13N3O. The highest BCUT2D eigenvalue weighted by Gasteiger charge is 2.10. The molecule has 0 spiro atoms. The van der Waals surface area contributed by atoms with Crippen molar-refractivity contribution in [1.82, 2.24) is 4.98 Å². The third-order valence-electron chi connectivity index (χ3n) is 2.73. The van der Waals surface area contributed by atoms with Gasteiger partial charge in [-0.2, -0.15) is 5.26 Å². The molecule has 1 aromatic heterocycles. The van der Waals surface area contributed by atoms with E-state index in [9.17, 15) is 0 Å². The maximum absolute atomic E-state index is 8.96. The largest absolute Gasteiger partial charge is 0.496 e. The maximum atomic E-state index is 8.96. The van der Waals surface area contributed by atoms with Crippen LogP contribution in [0.1, 0.15) is 11.3 Å². The molecule has 0 aliphatic heterocycles. The zero-order chi connectivity index (χ0) is 13.1. The molecule has 90 valence electrons. The van der Waals surface area contributed by atoms with E-state index in [1.165, 1.54) is 0 Å². The predicted octanol–water partition coefficient (Wildman–Crippen LogP) is 2.52. The van der Waals surface area contributed by atoms with E-state index >= 15 is 0 Å². The van der Waals surface area contributed by atoms with Crippen LogP contribution in [0.3, 0.4) is 0 Å². The fourth-order valence-corrected chi connectivity index (χ4v) is 1.85. The first-order chi connectivity index (χ1) is 8.65. The molecule has 0 atom stereocenters. The summed E-state index contributed by atoms with van der Waals surface area (Å²) in [6, 6.07) is 11.0. The normalized spacial score (nSPS) is 9.83. The van der Waals surface area contributed by atoms with Crippen LogP contribution in [0.5, 0.6) is 5.75 Å². The van der Waals surface area contributed by atoms with Crippen molar-refractivity contribution in [3.05, 3.63) is 41.6 Å². The number of aromatic nitrogens is 1. The summed E-state index contributed by atoms with van der Waals surface area (Å²) in [5, 5.41) is 8.96. The highest BCUT2D eigenvalue weighted by Crippen LogP contribution is 2.32. The molecular weight excluding hydrogens is 226 g/mol. The van der Waals surface area contributed by atoms with Gasteiger partial charge in [-0.15, -0.1) is 0 Å². The predicted molar refractivity (Wildman–Crippen MR) is 70.1 cm³/mol. The van der Waals surface area contributed by atoms with Gasteiger partial charge in [0.25, 0.3) is 0 Å². The standard InChI is InChI=1S/C14H13N3O/c1-9-11(4-6-14(16)17-9)12-7-10(8-15)3-5-13(12)18-2/h3-7H,1-2H3,(H2,16,17). The molecule has 2 rings (SSSR count). The van der Waals surface area contributed by atoms with E-state index in [0.29, 0.717) is 17.1 Å². The summed E-state index contributed by atoms with van der Waals surface area (Å²) in [4.78, 5) is 4.22. The number of nitrogens with zero attached hydrogens (tertiary/aromatic N) is 2. The van der Waals surface area contributed by atoms with Crippen LogP contribution in [0.25, 0.3) is 11.1 Å². The Labute approximate surface area is 106 Å². The van der Waals surface area contributed by atoms with Crippen molar-refractivity contribution in [1.29, 1.82) is 5.26 Å². The summed E-state index contributed by atoms with van der Waals surface area (Å²) in [7, 11) is 1.60. The topological polar surface area (TPSA) is 71.9 Å². The second-order valence-corrected chi connectivity index (χ2v) is 3.90. The number of nitrogen functional groups attached to an aromatic ring is 1. The molecule has 0 unspecified atom stereocenters. The number of nitriles is 1. The number of pyridine rings is 1. The lowest BCUT2D eigenvalue weighted by Gasteiger charge is -2.11. The molecule has 0 radical (unpaired) electrons. The molecule has 2 aromatic rings. The molecule has 0 aliphatic rings. The van der Waals surface area contributed by atoms with E-state index in [1.807, 2.05) is 13.0 Å². The number of nitrogens with two attached hydrogens (primary N) is 1. The number of hydrogen-bond acceptors (Lipinski definition) is 4. The minimum absolute atomic E-state index is 0.478. The highest BCUT2D eigenvalue weighted by molar-refractivity contribution is 5.74. The minimum Gasteiger partial charge on any atom is -0.496 e. The Morgan fingerprint density at radius 2 is 2.00 bits per heavy atom. The van der Waals surface area contributed by atoms with Crippen LogP contribution in [0.2, 0.25) is 0 Å². The molecule has 0 aliphatic carbocycles. The molecule has 2 N–H and O–H groups in total. The van der Waals surface area contributed by atoms with Crippen LogP contribution in [-0.2, 0) is 0 Å². The Hall–Kier alpha value is -2.54. The lowest BCUT2D eigenvalue weighted by Crippen LogP contribution is -1.96. The minimum atomic E-state index is 0.478. The Bertz CT molecular complexity index is 629. The van der Waals surface area contributed by atoms with Gasteiger partial charge in [0.05, 0.1) is 18.7 Å². The number of ether oxygens (including phenoxy) is 1. The molecule has 0 saturated carbocycles. The summed E-state index contributed by atoms with van der Waals surface area (Å²) in [6.07, 6.45) is 0. The first-order valence-corrected chi connectivity index (χ1v) is 5.47. The number of methoxy groups -OCH3 is 1. The molecule has 0 saturated heterocycles. The summed E-state index contributed by atoms with van der Waals surface area (Å²) in [6.45, 7) is 1.88. The summed E-state index contributed by atoms with van der Waals surface area (Å²) >= 11 is 0. The fourth-order valence-electron chi connectivity index (χ4n) is 1.85. The van der Waals surface area contributed by atoms with Crippen molar-refractivity contribution in [3.63, 3.8) is 0 Å². The van der Waals surface area contributed by atoms with Crippen LogP contribution in [-0.4, -0.2) is 12.1 Å². The third-order valence-corrected chi connectivity index (χ3v) is 2.73. The summed E-state index contributed by atoms with van der Waals surface area (Å²) in [5.41, 5.74) is 8.80. The van der Waals surface area contributed by atoms with Crippen LogP contribution < -0.4 is 10.5 Å². The van der Waals surface area contributed by atoms with E-state index in [2.05, 4.69) is 11.1 Å². The van der Waals surface area contributed by atoms with Gasteiger partial charge in [-0.1, -0.05) is 0 Å². The molecule has 4 nitrogen and oxygen atoms in total. The molecule has 1 heterocycles. The van der Waals surface area contributed by atoms with E-state index in [0.717, 1.165) is 16.8 Å². The van der Waals surface area contributed by atoms with E-state index in [1.54, 1.807) is 31.4 Å². The van der Waals surface area contributed by atoms with Gasteiger partial charge in [0.15, 0.2) is 0 Å². The number of hydrogen-bond donors (Lipinski definition) is 1. The smallest absolute Gasteiger partial charge is 0.126 e. The SMILES string of the molecule is COc1ccc(C#N)cc1-c1ccc(N)nc1C. The lowest BCUT2D eigenvalue weighted by molar-refractivity contribution is 0.416. The summed E-state index contributed by atoms with van der Waals surface area (Å²) in [5.74, 6) is 1.19. The molecule has 4 heteroatoms. The zero-order valence-corrected chi connectivity index (χ0v) is 10.3. The number of rotatable bonds is 2. The second-order valence-electron chi connectivity index (χ2n) is 3.90. The van der Waals surface area contributed by atoms with Crippen LogP contribution in [0.4, 0.5) is 5.82 Å². The molecule has 0 amide bonds. The van der Waals surface area contributed by atoms with Crippen molar-refractivity contribution >= 4 is 5.82 Å². The monoisotopic (exact) mass is 239 g/mol. The summed E-state index contributed by atoms with van der Waals surface area (Å²) < 4.78 is 5.32. The van der Waals surface area contributed by atoms with Gasteiger partial charge >= 0.3 is 0 Å². The van der Waals surface area contributed by atoms with Crippen molar-refractivity contribution < 1.29 is 4.74 Å². The fraction of sp³-hybridized carbons (Fsp3) is 0.143. The lowest BCUT2D eigenvalue weighted by atomic mass is 10.0. The first-order valence-electron chi connectivity index (χ1n) is 5.47. The highest BCUT2D eigenvalue weighted by atomic mass is 16.5. The Kier molecular flexibility index (Phi) is 3.16. The van der Waals surface area contributed by atoms with Gasteiger partial charge < -0.3 is 10.5 Å². The number of aryl methyl sites for hydroxylation is 1. The van der Waals surface area contributed by atoms with Gasteiger partial charge in [-0.25, -0.2) is 4.98 Å². The van der Waals surface area contributed by atoms with Crippen LogP contribution >= 0.6 is 0 Å². The van der Waals surface area contributed by atoms with Crippen molar-refractivity contribution in [2.75, 3.05) is 12.8 Å². The van der Waals surface area contributed by atoms with Crippen molar-refractivity contribution in [2.45, 2.75) is 6.92 Å². The van der Waals surface area contributed by atoms with Crippen molar-refractivity contribution in [2.24, 2.45) is 0 Å². The Morgan fingerprint density at radius 1 is 1.22 bits per heavy atom. The van der Waals surface area contributed by atoms with Gasteiger partial charge in [-0.3, -0.25) is 0 Å². The second kappa shape index (κ2) is 4.76. The van der Waals surface area contributed by atoms with Crippen LogP contribution in [0.15, 0.2) is 30.3 Å². The van der Waals surface area contributed by atoms with Gasteiger partial charge in [0.1, 0.15) is 11.6 Å². The van der Waals surface area contributed by atoms with Crippen molar-refractivity contribution in [3.8, 4) is 22.9 Å². The van der Waals surface area contributed by atoms with Gasteiger partial charge in [0.2, 0.25) is 0 Å². The molecule has 1 aromatic carbocycles. The van der Waals surface area contributed by atoms with E-state index in [4.69, 9.17) is 15.7 Å². The number of benzene rings is 1. The average molecular weight is 239 g/mol. The van der Waals surface area contributed by atoms with E-state index < -0.39 is 0 Å². The quantitative estimate of drug-likeness (QED) is 0.874. The molecule has 18 heavy (non-hydrogen) atoms. The molecule has 0 fully saturated rings. The zero-order valence-electron chi connectivity index (χ0n) is 10.3. The Morgan fingerprint density at radius 3 is 2.61 bits per heavy atom. The average Bonchev–Trinajstić information content (AvgIpc) is 2.38. The van der Waals surface area contributed by atoms with Gasteiger partial charge in [-0.05, 0) is 37.3 Å². The maximum Gasteiger partial charge on any atom is 0.126 e. The first kappa shape index (κ1) is 11.9. The van der Waals surface area contributed by atoms with E-state index in [-0.39, 0.29) is 0 Å². The number of anilines is 1. The third kappa shape index (κ3) is 2.11. The molecule has 0 bridgehead atoms. The van der Waals surface area contributed by atoms with Gasteiger partial charge in [0, 0.05) is 16.8 Å².